The fourth-order valence-electron chi connectivity index (χ4n) is 1.95. The van der Waals surface area contributed by atoms with Crippen molar-refractivity contribution in [2.45, 2.75) is 45.4 Å². The fourth-order valence-corrected chi connectivity index (χ4v) is 1.95. The van der Waals surface area contributed by atoms with Gasteiger partial charge in [0, 0.05) is 0 Å². The van der Waals surface area contributed by atoms with Crippen molar-refractivity contribution >= 4 is 0 Å². The predicted octanol–water partition coefficient (Wildman–Crippen LogP) is 3.94. The number of aryl methyl sites for hydroxylation is 1. The van der Waals surface area contributed by atoms with E-state index >= 15 is 0 Å². The van der Waals surface area contributed by atoms with Gasteiger partial charge in [-0.25, -0.2) is 0 Å². The number of nitrogens with zero attached hydrogens (tertiary/aromatic N) is 2. The Morgan fingerprint density at radius 3 is 2.41 bits per heavy atom. The van der Waals surface area contributed by atoms with Crippen LogP contribution in [0.5, 0.6) is 0 Å². The number of rotatable bonds is 6. The minimum Gasteiger partial charge on any atom is -0.192 e. The van der Waals surface area contributed by atoms with Crippen LogP contribution in [0.4, 0.5) is 0 Å². The highest BCUT2D eigenvalue weighted by molar-refractivity contribution is 5.50. The molecule has 88 valence electrons. The van der Waals surface area contributed by atoms with Crippen molar-refractivity contribution in [3.05, 3.63) is 34.9 Å². The molecule has 0 radical (unpaired) electrons. The molecule has 0 atom stereocenters. The van der Waals surface area contributed by atoms with Gasteiger partial charge in [0.05, 0.1) is 11.1 Å². The van der Waals surface area contributed by atoms with Crippen LogP contribution in [0, 0.1) is 22.7 Å². The summed E-state index contributed by atoms with van der Waals surface area (Å²) in [5, 5.41) is 18.0. The molecular formula is C15H18N2. The maximum atomic E-state index is 9.07. The Kier molecular flexibility index (Phi) is 5.83. The molecule has 0 heterocycles. The van der Waals surface area contributed by atoms with Crippen molar-refractivity contribution in [1.82, 2.24) is 0 Å². The molecule has 0 N–H and O–H groups in total. The van der Waals surface area contributed by atoms with Gasteiger partial charge in [0.25, 0.3) is 0 Å². The molecular weight excluding hydrogens is 208 g/mol. The summed E-state index contributed by atoms with van der Waals surface area (Å²) in [5.74, 6) is 0. The van der Waals surface area contributed by atoms with Crippen molar-refractivity contribution < 1.29 is 0 Å². The van der Waals surface area contributed by atoms with Crippen LogP contribution in [-0.2, 0) is 6.42 Å². The van der Waals surface area contributed by atoms with E-state index in [9.17, 15) is 0 Å². The van der Waals surface area contributed by atoms with Gasteiger partial charge in [-0.1, -0.05) is 44.7 Å². The van der Waals surface area contributed by atoms with E-state index in [1.807, 2.05) is 12.1 Å². The zero-order valence-corrected chi connectivity index (χ0v) is 10.4. The molecule has 0 fully saturated rings. The first-order valence-electron chi connectivity index (χ1n) is 6.25. The number of nitriles is 2. The Morgan fingerprint density at radius 2 is 1.76 bits per heavy atom. The topological polar surface area (TPSA) is 47.6 Å². The van der Waals surface area contributed by atoms with Crippen LogP contribution in [-0.4, -0.2) is 0 Å². The highest BCUT2D eigenvalue weighted by atomic mass is 14.3. The van der Waals surface area contributed by atoms with Gasteiger partial charge in [0.2, 0.25) is 0 Å². The average molecular weight is 226 g/mol. The van der Waals surface area contributed by atoms with E-state index in [1.54, 1.807) is 6.07 Å². The first-order chi connectivity index (χ1) is 8.33. The molecule has 0 aliphatic rings. The van der Waals surface area contributed by atoms with Crippen molar-refractivity contribution in [3.8, 4) is 12.1 Å². The maximum Gasteiger partial charge on any atom is 0.101 e. The normalized spacial score (nSPS) is 9.59. The predicted molar refractivity (Wildman–Crippen MR) is 68.3 cm³/mol. The Hall–Kier alpha value is -1.80. The fraction of sp³-hybridized carbons (Fsp3) is 0.467. The summed E-state index contributed by atoms with van der Waals surface area (Å²) in [7, 11) is 0. The second kappa shape index (κ2) is 7.47. The molecule has 1 aromatic carbocycles. The SMILES string of the molecule is CCCCCCCc1cccc(C#N)c1C#N. The lowest BCUT2D eigenvalue weighted by Gasteiger charge is -2.05. The summed E-state index contributed by atoms with van der Waals surface area (Å²) in [5.41, 5.74) is 2.08. The van der Waals surface area contributed by atoms with Crippen molar-refractivity contribution in [1.29, 1.82) is 10.5 Å². The van der Waals surface area contributed by atoms with E-state index in [0.29, 0.717) is 11.1 Å². The number of hydrogen-bond donors (Lipinski definition) is 0. The summed E-state index contributed by atoms with van der Waals surface area (Å²) in [6, 6.07) is 9.75. The van der Waals surface area contributed by atoms with Crippen LogP contribution in [0.15, 0.2) is 18.2 Å². The average Bonchev–Trinajstić information content (AvgIpc) is 2.38. The smallest absolute Gasteiger partial charge is 0.101 e. The molecule has 0 unspecified atom stereocenters. The van der Waals surface area contributed by atoms with Crippen LogP contribution >= 0.6 is 0 Å². The minimum absolute atomic E-state index is 0.499. The third-order valence-electron chi connectivity index (χ3n) is 2.93. The Morgan fingerprint density at radius 1 is 1.00 bits per heavy atom. The highest BCUT2D eigenvalue weighted by Gasteiger charge is 2.06. The van der Waals surface area contributed by atoms with Gasteiger partial charge >= 0.3 is 0 Å². The second-order valence-electron chi connectivity index (χ2n) is 4.23. The first kappa shape index (κ1) is 13.3. The third kappa shape index (κ3) is 3.93. The Balaban J connectivity index is 2.60. The minimum atomic E-state index is 0.499. The van der Waals surface area contributed by atoms with E-state index in [2.05, 4.69) is 19.1 Å². The largest absolute Gasteiger partial charge is 0.192 e. The number of benzene rings is 1. The van der Waals surface area contributed by atoms with Gasteiger partial charge in [-0.2, -0.15) is 10.5 Å². The number of unbranched alkanes of at least 4 members (excludes halogenated alkanes) is 4. The quantitative estimate of drug-likeness (QED) is 0.690. The Labute approximate surface area is 104 Å². The van der Waals surface area contributed by atoms with Crippen molar-refractivity contribution in [2.24, 2.45) is 0 Å². The molecule has 1 rings (SSSR count). The Bertz CT molecular complexity index is 435. The van der Waals surface area contributed by atoms with Crippen LogP contribution in [0.1, 0.15) is 55.7 Å². The monoisotopic (exact) mass is 226 g/mol. The van der Waals surface area contributed by atoms with Gasteiger partial charge in [-0.3, -0.25) is 0 Å². The van der Waals surface area contributed by atoms with Gasteiger partial charge in [-0.15, -0.1) is 0 Å². The van der Waals surface area contributed by atoms with Gasteiger partial charge in [0.1, 0.15) is 12.1 Å². The summed E-state index contributed by atoms with van der Waals surface area (Å²) < 4.78 is 0. The number of hydrogen-bond acceptors (Lipinski definition) is 2. The van der Waals surface area contributed by atoms with Crippen LogP contribution < -0.4 is 0 Å². The molecule has 17 heavy (non-hydrogen) atoms. The molecule has 0 saturated heterocycles. The summed E-state index contributed by atoms with van der Waals surface area (Å²) in [6.45, 7) is 2.20. The first-order valence-corrected chi connectivity index (χ1v) is 6.25. The van der Waals surface area contributed by atoms with E-state index in [4.69, 9.17) is 10.5 Å². The van der Waals surface area contributed by atoms with Crippen molar-refractivity contribution in [2.75, 3.05) is 0 Å². The zero-order chi connectivity index (χ0) is 12.5. The summed E-state index contributed by atoms with van der Waals surface area (Å²) >= 11 is 0. The van der Waals surface area contributed by atoms with E-state index in [-0.39, 0.29) is 0 Å². The van der Waals surface area contributed by atoms with Crippen LogP contribution in [0.25, 0.3) is 0 Å². The van der Waals surface area contributed by atoms with E-state index < -0.39 is 0 Å². The molecule has 0 aromatic heterocycles. The lowest BCUT2D eigenvalue weighted by Crippen LogP contribution is -1.94. The summed E-state index contributed by atoms with van der Waals surface area (Å²) in [4.78, 5) is 0. The van der Waals surface area contributed by atoms with Crippen molar-refractivity contribution in [3.63, 3.8) is 0 Å². The van der Waals surface area contributed by atoms with E-state index in [1.165, 1.54) is 25.7 Å². The lowest BCUT2D eigenvalue weighted by molar-refractivity contribution is 0.632. The lowest BCUT2D eigenvalue weighted by atomic mass is 9.98. The highest BCUT2D eigenvalue weighted by Crippen LogP contribution is 2.16. The van der Waals surface area contributed by atoms with Crippen LogP contribution in [0.3, 0.4) is 0 Å². The van der Waals surface area contributed by atoms with Crippen LogP contribution in [0.2, 0.25) is 0 Å². The summed E-state index contributed by atoms with van der Waals surface area (Å²) in [6.07, 6.45) is 6.99. The zero-order valence-electron chi connectivity index (χ0n) is 10.4. The molecule has 0 spiro atoms. The molecule has 0 aliphatic carbocycles. The second-order valence-corrected chi connectivity index (χ2v) is 4.23. The van der Waals surface area contributed by atoms with Gasteiger partial charge in [0.15, 0.2) is 0 Å². The molecule has 0 aliphatic heterocycles. The molecule has 1 aromatic rings. The maximum absolute atomic E-state index is 9.07. The molecule has 0 bridgehead atoms. The van der Waals surface area contributed by atoms with Gasteiger partial charge in [-0.05, 0) is 24.5 Å². The standard InChI is InChI=1S/C15H18N2/c1-2-3-4-5-6-8-13-9-7-10-14(11-16)15(13)12-17/h7,9-10H,2-6,8H2,1H3. The molecule has 0 amide bonds. The molecule has 2 nitrogen and oxygen atoms in total. The molecule has 2 heteroatoms. The van der Waals surface area contributed by atoms with Gasteiger partial charge < -0.3 is 0 Å². The van der Waals surface area contributed by atoms with E-state index in [0.717, 1.165) is 18.4 Å². The molecule has 0 saturated carbocycles. The third-order valence-corrected chi connectivity index (χ3v) is 2.93.